The Morgan fingerprint density at radius 3 is 2.93 bits per heavy atom. The van der Waals surface area contributed by atoms with Crippen molar-refractivity contribution in [2.75, 3.05) is 5.75 Å². The summed E-state index contributed by atoms with van der Waals surface area (Å²) in [6, 6.07) is 6.24. The van der Waals surface area contributed by atoms with E-state index in [1.807, 2.05) is 17.8 Å². The molecule has 1 aliphatic carbocycles. The van der Waals surface area contributed by atoms with Gasteiger partial charge in [-0.3, -0.25) is 0 Å². The van der Waals surface area contributed by atoms with Gasteiger partial charge in [-0.15, -0.1) is 11.8 Å². The highest BCUT2D eigenvalue weighted by Crippen LogP contribution is 2.38. The van der Waals surface area contributed by atoms with Crippen molar-refractivity contribution in [3.05, 3.63) is 29.6 Å². The molecule has 1 fully saturated rings. The summed E-state index contributed by atoms with van der Waals surface area (Å²) >= 11 is 1.84. The molecule has 1 nitrogen and oxygen atoms in total. The molecule has 1 aromatic carbocycles. The molecule has 80 valence electrons. The summed E-state index contributed by atoms with van der Waals surface area (Å²) in [5.41, 5.74) is 1.16. The van der Waals surface area contributed by atoms with Crippen LogP contribution in [-0.4, -0.2) is 11.8 Å². The van der Waals surface area contributed by atoms with Crippen LogP contribution in [0.5, 0.6) is 0 Å². The fraction of sp³-hybridized carbons (Fsp3) is 0.500. The van der Waals surface area contributed by atoms with E-state index in [0.717, 1.165) is 17.7 Å². The van der Waals surface area contributed by atoms with E-state index in [0.29, 0.717) is 12.1 Å². The Kier molecular flexibility index (Phi) is 2.45. The second-order valence-electron chi connectivity index (χ2n) is 4.31. The van der Waals surface area contributed by atoms with E-state index in [1.165, 1.54) is 17.7 Å². The molecule has 2 aliphatic rings. The molecule has 1 atom stereocenters. The van der Waals surface area contributed by atoms with Gasteiger partial charge in [0.2, 0.25) is 0 Å². The van der Waals surface area contributed by atoms with E-state index in [-0.39, 0.29) is 5.82 Å². The molecule has 0 aromatic heterocycles. The summed E-state index contributed by atoms with van der Waals surface area (Å²) in [4.78, 5) is 1.25. The summed E-state index contributed by atoms with van der Waals surface area (Å²) in [5, 5.41) is 3.60. The van der Waals surface area contributed by atoms with Gasteiger partial charge in [-0.2, -0.15) is 0 Å². The average Bonchev–Trinajstić information content (AvgIpc) is 3.03. The maximum atomic E-state index is 13.2. The van der Waals surface area contributed by atoms with Crippen LogP contribution in [0.4, 0.5) is 4.39 Å². The highest BCUT2D eigenvalue weighted by atomic mass is 32.2. The maximum absolute atomic E-state index is 13.2. The van der Waals surface area contributed by atoms with Crippen molar-refractivity contribution in [1.82, 2.24) is 5.32 Å². The first-order chi connectivity index (χ1) is 7.33. The third kappa shape index (κ3) is 2.04. The molecular weight excluding hydrogens is 209 g/mol. The number of hydrogen-bond acceptors (Lipinski definition) is 2. The Morgan fingerprint density at radius 1 is 1.27 bits per heavy atom. The first-order valence-electron chi connectivity index (χ1n) is 5.51. The normalized spacial score (nSPS) is 25.0. The van der Waals surface area contributed by atoms with Crippen LogP contribution in [-0.2, 0) is 0 Å². The molecule has 0 radical (unpaired) electrons. The fourth-order valence-electron chi connectivity index (χ4n) is 2.07. The molecule has 1 saturated carbocycles. The van der Waals surface area contributed by atoms with Crippen molar-refractivity contribution in [3.63, 3.8) is 0 Å². The summed E-state index contributed by atoms with van der Waals surface area (Å²) < 4.78 is 13.2. The number of benzene rings is 1. The van der Waals surface area contributed by atoms with Gasteiger partial charge in [0.05, 0.1) is 0 Å². The molecule has 1 aliphatic heterocycles. The van der Waals surface area contributed by atoms with Gasteiger partial charge in [0.25, 0.3) is 0 Å². The van der Waals surface area contributed by atoms with Crippen molar-refractivity contribution in [2.24, 2.45) is 0 Å². The van der Waals surface area contributed by atoms with Crippen LogP contribution in [0.1, 0.15) is 30.9 Å². The van der Waals surface area contributed by atoms with Crippen LogP contribution < -0.4 is 5.32 Å². The van der Waals surface area contributed by atoms with Gasteiger partial charge < -0.3 is 5.32 Å². The van der Waals surface area contributed by atoms with E-state index >= 15 is 0 Å². The lowest BCUT2D eigenvalue weighted by atomic mass is 10.0. The fourth-order valence-corrected chi connectivity index (χ4v) is 3.18. The number of hydrogen-bond donors (Lipinski definition) is 1. The van der Waals surface area contributed by atoms with Crippen LogP contribution >= 0.6 is 11.8 Å². The van der Waals surface area contributed by atoms with Gasteiger partial charge in [-0.1, -0.05) is 0 Å². The van der Waals surface area contributed by atoms with Crippen LogP contribution in [0.25, 0.3) is 0 Å². The second-order valence-corrected chi connectivity index (χ2v) is 5.45. The Labute approximate surface area is 93.4 Å². The topological polar surface area (TPSA) is 12.0 Å². The summed E-state index contributed by atoms with van der Waals surface area (Å²) in [5.74, 6) is 1.03. The quantitative estimate of drug-likeness (QED) is 0.826. The van der Waals surface area contributed by atoms with Gasteiger partial charge in [0.15, 0.2) is 0 Å². The monoisotopic (exact) mass is 223 g/mol. The highest BCUT2D eigenvalue weighted by Gasteiger charge is 2.28. The van der Waals surface area contributed by atoms with Crippen molar-refractivity contribution >= 4 is 11.8 Å². The molecule has 0 amide bonds. The predicted molar refractivity (Wildman–Crippen MR) is 60.6 cm³/mol. The van der Waals surface area contributed by atoms with E-state index in [9.17, 15) is 4.39 Å². The molecule has 0 bridgehead atoms. The Balaban J connectivity index is 1.89. The van der Waals surface area contributed by atoms with Gasteiger partial charge in [0.1, 0.15) is 5.82 Å². The largest absolute Gasteiger partial charge is 0.307 e. The molecule has 3 rings (SSSR count). The number of nitrogens with one attached hydrogen (secondary N) is 1. The molecule has 15 heavy (non-hydrogen) atoms. The molecular formula is C12H14FNS. The average molecular weight is 223 g/mol. The zero-order chi connectivity index (χ0) is 10.3. The number of halogens is 1. The van der Waals surface area contributed by atoms with Crippen LogP contribution in [0.2, 0.25) is 0 Å². The Hall–Kier alpha value is -0.540. The molecule has 0 spiro atoms. The van der Waals surface area contributed by atoms with Crippen molar-refractivity contribution < 1.29 is 4.39 Å². The van der Waals surface area contributed by atoms with Crippen molar-refractivity contribution in [2.45, 2.75) is 36.2 Å². The zero-order valence-electron chi connectivity index (χ0n) is 8.50. The smallest absolute Gasteiger partial charge is 0.123 e. The number of rotatable bonds is 2. The van der Waals surface area contributed by atoms with E-state index < -0.39 is 0 Å². The lowest BCUT2D eigenvalue weighted by molar-refractivity contribution is 0.502. The van der Waals surface area contributed by atoms with E-state index in [2.05, 4.69) is 5.32 Å². The third-order valence-electron chi connectivity index (χ3n) is 3.03. The summed E-state index contributed by atoms with van der Waals surface area (Å²) in [6.07, 6.45) is 3.69. The predicted octanol–water partition coefficient (Wildman–Crippen LogP) is 3.11. The second kappa shape index (κ2) is 3.80. The van der Waals surface area contributed by atoms with Gasteiger partial charge in [0, 0.05) is 17.0 Å². The molecule has 1 N–H and O–H groups in total. The Bertz CT molecular complexity index is 376. The molecule has 1 unspecified atom stereocenters. The highest BCUT2D eigenvalue weighted by molar-refractivity contribution is 7.99. The lowest BCUT2D eigenvalue weighted by Gasteiger charge is -2.26. The van der Waals surface area contributed by atoms with E-state index in [1.54, 1.807) is 12.1 Å². The maximum Gasteiger partial charge on any atom is 0.123 e. The SMILES string of the molecule is Fc1ccc2c(c1)C(NC1CC1)CCS2. The van der Waals surface area contributed by atoms with Gasteiger partial charge in [-0.05, 0) is 48.8 Å². The zero-order valence-corrected chi connectivity index (χ0v) is 9.32. The molecule has 1 heterocycles. The van der Waals surface area contributed by atoms with Crippen LogP contribution in [0, 0.1) is 5.82 Å². The third-order valence-corrected chi connectivity index (χ3v) is 4.15. The molecule has 0 saturated heterocycles. The lowest BCUT2D eigenvalue weighted by Crippen LogP contribution is -2.26. The minimum absolute atomic E-state index is 0.112. The van der Waals surface area contributed by atoms with Crippen LogP contribution in [0.3, 0.4) is 0 Å². The van der Waals surface area contributed by atoms with Gasteiger partial charge >= 0.3 is 0 Å². The summed E-state index contributed by atoms with van der Waals surface area (Å²) in [6.45, 7) is 0. The first kappa shape index (κ1) is 9.67. The van der Waals surface area contributed by atoms with Crippen molar-refractivity contribution in [1.29, 1.82) is 0 Å². The summed E-state index contributed by atoms with van der Waals surface area (Å²) in [7, 11) is 0. The minimum Gasteiger partial charge on any atom is -0.307 e. The Morgan fingerprint density at radius 2 is 2.13 bits per heavy atom. The molecule has 1 aromatic rings. The first-order valence-corrected chi connectivity index (χ1v) is 6.50. The number of fused-ring (bicyclic) bond motifs is 1. The van der Waals surface area contributed by atoms with Crippen LogP contribution in [0.15, 0.2) is 23.1 Å². The standard InChI is InChI=1S/C12H14FNS/c13-8-1-4-12-10(7-8)11(5-6-15-12)14-9-2-3-9/h1,4,7,9,11,14H,2-3,5-6H2. The number of thioether (sulfide) groups is 1. The van der Waals surface area contributed by atoms with E-state index in [4.69, 9.17) is 0 Å². The minimum atomic E-state index is -0.112. The van der Waals surface area contributed by atoms with Crippen molar-refractivity contribution in [3.8, 4) is 0 Å². The van der Waals surface area contributed by atoms with Gasteiger partial charge in [-0.25, -0.2) is 4.39 Å². The molecule has 3 heteroatoms.